The van der Waals surface area contributed by atoms with E-state index in [0.29, 0.717) is 0 Å². The molecule has 2 nitrogen and oxygen atoms in total. The molecule has 12 aromatic carbocycles. The molecule has 1 heterocycles. The van der Waals surface area contributed by atoms with Gasteiger partial charge in [-0.1, -0.05) is 206 Å². The van der Waals surface area contributed by atoms with E-state index in [1.807, 2.05) is 6.07 Å². The molecule has 0 radical (unpaired) electrons. The molecular weight excluding hydrogens is 835 g/mol. The third-order valence-corrected chi connectivity index (χ3v) is 15.3. The molecule has 69 heavy (non-hydrogen) atoms. The largest absolute Gasteiger partial charge is 0.455 e. The minimum Gasteiger partial charge on any atom is -0.455 e. The minimum absolute atomic E-state index is 0.468. The molecule has 0 saturated carbocycles. The number of furan rings is 1. The monoisotopic (exact) mass is 875 g/mol. The Morgan fingerprint density at radius 3 is 1.45 bits per heavy atom. The first-order valence-electron chi connectivity index (χ1n) is 23.9. The van der Waals surface area contributed by atoms with Crippen LogP contribution in [0.25, 0.3) is 98.8 Å². The summed E-state index contributed by atoms with van der Waals surface area (Å²) in [5.41, 5.74) is 19.7. The number of para-hydroxylation sites is 2. The van der Waals surface area contributed by atoms with Crippen molar-refractivity contribution in [3.8, 4) is 44.5 Å². The van der Waals surface area contributed by atoms with E-state index in [1.54, 1.807) is 0 Å². The zero-order valence-electron chi connectivity index (χ0n) is 37.5. The van der Waals surface area contributed by atoms with Gasteiger partial charge in [-0.3, -0.25) is 0 Å². The average Bonchev–Trinajstić information content (AvgIpc) is 4.06. The van der Waals surface area contributed by atoms with Gasteiger partial charge >= 0.3 is 0 Å². The third kappa shape index (κ3) is 5.31. The second kappa shape index (κ2) is 14.5. The first kappa shape index (κ1) is 38.2. The highest BCUT2D eigenvalue weighted by molar-refractivity contribution is 6.29. The molecule has 0 saturated heterocycles. The van der Waals surface area contributed by atoms with Gasteiger partial charge in [0, 0.05) is 33.1 Å². The van der Waals surface area contributed by atoms with E-state index in [2.05, 4.69) is 248 Å². The maximum absolute atomic E-state index is 6.50. The molecule has 0 aliphatic heterocycles. The van der Waals surface area contributed by atoms with Crippen LogP contribution in [0.15, 0.2) is 253 Å². The third-order valence-electron chi connectivity index (χ3n) is 15.3. The first-order valence-corrected chi connectivity index (χ1v) is 23.9. The van der Waals surface area contributed by atoms with E-state index < -0.39 is 5.41 Å². The number of fused-ring (bicyclic) bond motifs is 19. The van der Waals surface area contributed by atoms with Crippen LogP contribution in [0.4, 0.5) is 17.1 Å². The van der Waals surface area contributed by atoms with Gasteiger partial charge in [-0.2, -0.15) is 0 Å². The van der Waals surface area contributed by atoms with Gasteiger partial charge in [0.05, 0.1) is 11.1 Å². The maximum Gasteiger partial charge on any atom is 0.143 e. The molecule has 0 atom stereocenters. The SMILES string of the molecule is c1cc(-c2ccc(N(c3ccc4c(c3)C3(c5ccccc5-c5ccccc53)c3ccccc3-4)c3cccc4c5ccccc5c5ccccc5c34)cc2)cc(-c2cccc3c2oc2ccccc23)c1. The van der Waals surface area contributed by atoms with Crippen molar-refractivity contribution >= 4 is 71.3 Å². The average molecular weight is 876 g/mol. The van der Waals surface area contributed by atoms with Crippen molar-refractivity contribution in [2.24, 2.45) is 0 Å². The molecule has 0 fully saturated rings. The molecule has 0 amide bonds. The van der Waals surface area contributed by atoms with Crippen LogP contribution in [0, 0.1) is 0 Å². The van der Waals surface area contributed by atoms with E-state index in [0.717, 1.165) is 61.3 Å². The lowest BCUT2D eigenvalue weighted by Gasteiger charge is -2.32. The van der Waals surface area contributed by atoms with Crippen LogP contribution < -0.4 is 4.90 Å². The Hall–Kier alpha value is -8.98. The van der Waals surface area contributed by atoms with Gasteiger partial charge in [-0.15, -0.1) is 0 Å². The maximum atomic E-state index is 6.50. The zero-order valence-corrected chi connectivity index (χ0v) is 37.5. The van der Waals surface area contributed by atoms with Gasteiger partial charge in [0.15, 0.2) is 0 Å². The summed E-state index contributed by atoms with van der Waals surface area (Å²) in [6.45, 7) is 0. The van der Waals surface area contributed by atoms with Crippen LogP contribution >= 0.6 is 0 Å². The number of anilines is 3. The van der Waals surface area contributed by atoms with Crippen molar-refractivity contribution < 1.29 is 4.42 Å². The van der Waals surface area contributed by atoms with Crippen molar-refractivity contribution in [1.82, 2.24) is 0 Å². The van der Waals surface area contributed by atoms with E-state index in [-0.39, 0.29) is 0 Å². The molecule has 1 spiro atoms. The summed E-state index contributed by atoms with van der Waals surface area (Å²) in [6.07, 6.45) is 0. The van der Waals surface area contributed by atoms with E-state index in [9.17, 15) is 0 Å². The predicted octanol–water partition coefficient (Wildman–Crippen LogP) is 18.2. The van der Waals surface area contributed by atoms with Crippen LogP contribution in [0.5, 0.6) is 0 Å². The van der Waals surface area contributed by atoms with Gasteiger partial charge in [-0.25, -0.2) is 0 Å². The second-order valence-corrected chi connectivity index (χ2v) is 18.7. The minimum atomic E-state index is -0.468. The summed E-state index contributed by atoms with van der Waals surface area (Å²) in [5.74, 6) is 0. The summed E-state index contributed by atoms with van der Waals surface area (Å²) in [6, 6.07) is 91.9. The van der Waals surface area contributed by atoms with E-state index in [1.165, 1.54) is 76.8 Å². The normalized spacial score (nSPS) is 13.0. The Kier molecular flexibility index (Phi) is 8.02. The number of benzene rings is 12. The number of nitrogens with zero attached hydrogens (tertiary/aromatic N) is 1. The number of rotatable bonds is 5. The van der Waals surface area contributed by atoms with Gasteiger partial charge in [0.2, 0.25) is 0 Å². The summed E-state index contributed by atoms with van der Waals surface area (Å²) >= 11 is 0. The fourth-order valence-electron chi connectivity index (χ4n) is 12.4. The molecule has 2 heteroatoms. The van der Waals surface area contributed by atoms with Crippen molar-refractivity contribution in [3.63, 3.8) is 0 Å². The first-order chi connectivity index (χ1) is 34.2. The molecule has 1 aromatic heterocycles. The van der Waals surface area contributed by atoms with Crippen molar-refractivity contribution in [3.05, 3.63) is 271 Å². The van der Waals surface area contributed by atoms with Gasteiger partial charge in [0.1, 0.15) is 11.2 Å². The van der Waals surface area contributed by atoms with Crippen LogP contribution in [0.3, 0.4) is 0 Å². The topological polar surface area (TPSA) is 16.4 Å². The van der Waals surface area contributed by atoms with Gasteiger partial charge in [-0.05, 0) is 131 Å². The molecule has 0 bridgehead atoms. The van der Waals surface area contributed by atoms with E-state index in [4.69, 9.17) is 4.42 Å². The Morgan fingerprint density at radius 1 is 0.290 bits per heavy atom. The Morgan fingerprint density at radius 2 is 0.768 bits per heavy atom. The summed E-state index contributed by atoms with van der Waals surface area (Å²) in [7, 11) is 0. The van der Waals surface area contributed by atoms with Crippen LogP contribution in [-0.4, -0.2) is 0 Å². The Bertz CT molecular complexity index is 4160. The predicted molar refractivity (Wildman–Crippen MR) is 288 cm³/mol. The lowest BCUT2D eigenvalue weighted by atomic mass is 9.70. The van der Waals surface area contributed by atoms with Crippen molar-refractivity contribution in [2.75, 3.05) is 4.90 Å². The van der Waals surface area contributed by atoms with Gasteiger partial charge in [0.25, 0.3) is 0 Å². The van der Waals surface area contributed by atoms with Gasteiger partial charge < -0.3 is 9.32 Å². The van der Waals surface area contributed by atoms with Crippen molar-refractivity contribution in [1.29, 1.82) is 0 Å². The lowest BCUT2D eigenvalue weighted by molar-refractivity contribution is 0.670. The molecular formula is C67H41NO. The molecule has 13 aromatic rings. The lowest BCUT2D eigenvalue weighted by Crippen LogP contribution is -2.26. The zero-order chi connectivity index (χ0) is 45.2. The molecule has 2 aliphatic carbocycles. The van der Waals surface area contributed by atoms with Crippen molar-refractivity contribution in [2.45, 2.75) is 5.41 Å². The summed E-state index contributed by atoms with van der Waals surface area (Å²) in [5, 5.41) is 9.76. The van der Waals surface area contributed by atoms with E-state index >= 15 is 0 Å². The fourth-order valence-corrected chi connectivity index (χ4v) is 12.4. The number of hydrogen-bond donors (Lipinski definition) is 0. The summed E-state index contributed by atoms with van der Waals surface area (Å²) in [4.78, 5) is 2.51. The van der Waals surface area contributed by atoms with Crippen LogP contribution in [-0.2, 0) is 5.41 Å². The standard InChI is InChI=1S/C67H41NO/c1-2-19-50-48(18-1)49-20-3-4-25-56(49)65-57(50)27-15-32-63(65)68(45-36-34-42(35-37-45)43-16-13-17-44(40-43)47-26-14-28-58-55-24-8-12-33-64(55)69-66(47)58)46-38-39-54-53-23-7-11-31-61(53)67(62(54)41-46)59-29-9-5-21-51(59)52-22-6-10-30-60(52)67/h1-41H. The smallest absolute Gasteiger partial charge is 0.143 e. The highest BCUT2D eigenvalue weighted by Crippen LogP contribution is 2.63. The second-order valence-electron chi connectivity index (χ2n) is 18.7. The number of hydrogen-bond acceptors (Lipinski definition) is 2. The van der Waals surface area contributed by atoms with Crippen LogP contribution in [0.1, 0.15) is 22.3 Å². The molecule has 2 aliphatic rings. The molecule has 0 unspecified atom stereocenters. The quantitative estimate of drug-likeness (QED) is 0.160. The summed E-state index contributed by atoms with van der Waals surface area (Å²) < 4.78 is 6.50. The molecule has 15 rings (SSSR count). The molecule has 0 N–H and O–H groups in total. The Labute approximate surface area is 399 Å². The highest BCUT2D eigenvalue weighted by atomic mass is 16.3. The molecule has 320 valence electrons. The van der Waals surface area contributed by atoms with Crippen LogP contribution in [0.2, 0.25) is 0 Å². The highest BCUT2D eigenvalue weighted by Gasteiger charge is 2.51. The fraction of sp³-hybridized carbons (Fsp3) is 0.0149. The Balaban J connectivity index is 0.949.